The third-order valence-corrected chi connectivity index (χ3v) is 14.1. The first-order valence-electron chi connectivity index (χ1n) is 19.4. The zero-order chi connectivity index (χ0) is 33.5. The van der Waals surface area contributed by atoms with E-state index in [-0.39, 0.29) is 0 Å². The molecule has 0 amide bonds. The van der Waals surface area contributed by atoms with Crippen LogP contribution < -0.4 is 5.32 Å². The Labute approximate surface area is 290 Å². The third-order valence-electron chi connectivity index (χ3n) is 13.5. The highest BCUT2D eigenvalue weighted by Crippen LogP contribution is 2.67. The van der Waals surface area contributed by atoms with Crippen molar-refractivity contribution in [3.05, 3.63) is 36.1 Å². The van der Waals surface area contributed by atoms with Gasteiger partial charge in [0, 0.05) is 25.2 Å². The fourth-order valence-corrected chi connectivity index (χ4v) is 11.6. The minimum atomic E-state index is 0.301. The minimum Gasteiger partial charge on any atom is -0.386 e. The van der Waals surface area contributed by atoms with Gasteiger partial charge in [0.2, 0.25) is 0 Å². The first-order chi connectivity index (χ1) is 21.9. The maximum absolute atomic E-state index is 6.21. The number of likely N-dealkylation sites (N-methyl/N-ethyl adjacent to an activating group) is 1. The topological polar surface area (TPSA) is 24.5 Å². The van der Waals surface area contributed by atoms with Crippen molar-refractivity contribution in [1.29, 1.82) is 0 Å². The van der Waals surface area contributed by atoms with E-state index in [0.717, 1.165) is 91.8 Å². The number of rotatable bonds is 19. The number of allylic oxidation sites excluding steroid dienone is 3. The molecule has 3 fully saturated rings. The van der Waals surface area contributed by atoms with E-state index < -0.39 is 0 Å². The first kappa shape index (κ1) is 38.1. The lowest BCUT2D eigenvalue weighted by Crippen LogP contribution is -2.50. The molecule has 264 valence electrons. The van der Waals surface area contributed by atoms with Gasteiger partial charge in [-0.1, -0.05) is 84.3 Å². The van der Waals surface area contributed by atoms with Crippen molar-refractivity contribution < 1.29 is 4.74 Å². The number of nitrogens with zero attached hydrogens (tertiary/aromatic N) is 1. The van der Waals surface area contributed by atoms with Crippen molar-refractivity contribution in [3.8, 4) is 0 Å². The Hall–Kier alpha value is -0.710. The van der Waals surface area contributed by atoms with Crippen LogP contribution in [0.25, 0.3) is 0 Å². The second-order valence-electron chi connectivity index (χ2n) is 17.6. The molecule has 4 aliphatic rings. The summed E-state index contributed by atoms with van der Waals surface area (Å²) in [6.45, 7) is 24.2. The zero-order valence-corrected chi connectivity index (χ0v) is 32.4. The van der Waals surface area contributed by atoms with Gasteiger partial charge in [-0.25, -0.2) is 0 Å². The number of nitrogens with one attached hydrogen (secondary N) is 1. The summed E-state index contributed by atoms with van der Waals surface area (Å²) in [4.78, 5) is 2.23. The molecule has 0 saturated heterocycles. The molecule has 0 heterocycles. The molecular weight excluding hydrogens is 581 g/mol. The van der Waals surface area contributed by atoms with Gasteiger partial charge in [0.15, 0.2) is 0 Å². The molecular formula is C42H74N2OS. The van der Waals surface area contributed by atoms with Gasteiger partial charge in [-0.15, -0.1) is 0 Å². The quantitative estimate of drug-likeness (QED) is 0.111. The highest BCUT2D eigenvalue weighted by Gasteiger charge is 2.59. The molecule has 3 saturated carbocycles. The number of ether oxygens (including phenoxy) is 1. The summed E-state index contributed by atoms with van der Waals surface area (Å²) in [6.07, 6.45) is 24.0. The van der Waals surface area contributed by atoms with Crippen LogP contribution in [0.3, 0.4) is 0 Å². The van der Waals surface area contributed by atoms with Gasteiger partial charge in [-0.05, 0) is 143 Å². The van der Waals surface area contributed by atoms with Crippen LogP contribution in [0.5, 0.6) is 0 Å². The molecule has 1 N–H and O–H groups in total. The standard InChI is InChI=1S/C42H74N2OS/c1-30(2)12-11-13-32(4)38-16-17-39-37-15-14-35-28-34(18-21-41(35,6)40(37)19-22-42(38,39)7)27-31(3)26-33(5)43-23-24-45-36(20-25-46-10)29-44(8)9/h14,30,32,34,36-40,43H,3,5,11-13,15-29H2,1-2,4,6-10H3/t32-,34?,36?,37?,38-,39?,40?,41?,42?/m1/s1. The highest BCUT2D eigenvalue weighted by molar-refractivity contribution is 7.98. The van der Waals surface area contributed by atoms with Crippen molar-refractivity contribution >= 4 is 11.8 Å². The van der Waals surface area contributed by atoms with Gasteiger partial charge < -0.3 is 15.0 Å². The number of thioether (sulfide) groups is 1. The van der Waals surface area contributed by atoms with Gasteiger partial charge in [-0.2, -0.15) is 11.8 Å². The van der Waals surface area contributed by atoms with Gasteiger partial charge in [0.25, 0.3) is 0 Å². The maximum atomic E-state index is 6.21. The molecule has 4 aliphatic carbocycles. The van der Waals surface area contributed by atoms with E-state index in [1.165, 1.54) is 76.2 Å². The van der Waals surface area contributed by atoms with Crippen molar-refractivity contribution in [3.63, 3.8) is 0 Å². The lowest BCUT2D eigenvalue weighted by atomic mass is 9.46. The first-order valence-corrected chi connectivity index (χ1v) is 20.8. The van der Waals surface area contributed by atoms with Crippen molar-refractivity contribution in [2.75, 3.05) is 45.8 Å². The monoisotopic (exact) mass is 655 g/mol. The average molecular weight is 655 g/mol. The molecule has 0 aromatic heterocycles. The molecule has 0 aliphatic heterocycles. The van der Waals surface area contributed by atoms with Crippen molar-refractivity contribution in [2.45, 2.75) is 131 Å². The van der Waals surface area contributed by atoms with Crippen LogP contribution in [0.2, 0.25) is 0 Å². The number of hydrogen-bond acceptors (Lipinski definition) is 4. The molecule has 3 nitrogen and oxygen atoms in total. The molecule has 9 atom stereocenters. The van der Waals surface area contributed by atoms with Crippen LogP contribution in [0.15, 0.2) is 36.1 Å². The fourth-order valence-electron chi connectivity index (χ4n) is 11.1. The third kappa shape index (κ3) is 9.50. The molecule has 7 unspecified atom stereocenters. The van der Waals surface area contributed by atoms with Crippen LogP contribution in [-0.2, 0) is 4.74 Å². The molecule has 0 aromatic rings. The van der Waals surface area contributed by atoms with Crippen LogP contribution in [0, 0.1) is 52.3 Å². The summed E-state index contributed by atoms with van der Waals surface area (Å²) in [5, 5.41) is 3.53. The Morgan fingerprint density at radius 1 is 1.04 bits per heavy atom. The SMILES string of the molecule is C=C(CC(=C)NCCOC(CCSC)CN(C)C)CC1CCC2(C)C(=CCC3C2CCC2(C)C3CC[C@@H]2[C@H](C)CCCC(C)C)C1. The lowest BCUT2D eigenvalue weighted by Gasteiger charge is -2.58. The second kappa shape index (κ2) is 17.3. The lowest BCUT2D eigenvalue weighted by molar-refractivity contribution is -0.0527. The maximum Gasteiger partial charge on any atom is 0.0710 e. The summed E-state index contributed by atoms with van der Waals surface area (Å²) >= 11 is 1.90. The fraction of sp³-hybridized carbons (Fsp3) is 0.857. The van der Waals surface area contributed by atoms with Crippen molar-refractivity contribution in [1.82, 2.24) is 10.2 Å². The zero-order valence-electron chi connectivity index (χ0n) is 31.6. The normalized spacial score (nSPS) is 33.6. The van der Waals surface area contributed by atoms with Crippen LogP contribution in [0.1, 0.15) is 125 Å². The summed E-state index contributed by atoms with van der Waals surface area (Å²) in [6, 6.07) is 0. The van der Waals surface area contributed by atoms with Crippen LogP contribution in [0.4, 0.5) is 0 Å². The molecule has 0 bridgehead atoms. The van der Waals surface area contributed by atoms with E-state index in [2.05, 4.69) is 84.4 Å². The van der Waals surface area contributed by atoms with Gasteiger partial charge in [-0.3, -0.25) is 0 Å². The average Bonchev–Trinajstić information content (AvgIpc) is 3.35. The molecule has 4 heteroatoms. The van der Waals surface area contributed by atoms with Gasteiger partial charge in [0.05, 0.1) is 12.7 Å². The molecule has 4 rings (SSSR count). The predicted molar refractivity (Wildman–Crippen MR) is 203 cm³/mol. The van der Waals surface area contributed by atoms with E-state index in [0.29, 0.717) is 16.9 Å². The van der Waals surface area contributed by atoms with E-state index in [9.17, 15) is 0 Å². The summed E-state index contributed by atoms with van der Waals surface area (Å²) in [5.74, 6) is 7.38. The van der Waals surface area contributed by atoms with Crippen molar-refractivity contribution in [2.24, 2.45) is 52.3 Å². The smallest absolute Gasteiger partial charge is 0.0710 e. The summed E-state index contributed by atoms with van der Waals surface area (Å²) < 4.78 is 6.21. The minimum absolute atomic E-state index is 0.301. The molecule has 0 aromatic carbocycles. The Morgan fingerprint density at radius 2 is 1.83 bits per heavy atom. The Bertz CT molecular complexity index is 1020. The molecule has 0 radical (unpaired) electrons. The van der Waals surface area contributed by atoms with Gasteiger partial charge in [0.1, 0.15) is 0 Å². The van der Waals surface area contributed by atoms with E-state index in [1.54, 1.807) is 0 Å². The second-order valence-corrected chi connectivity index (χ2v) is 18.6. The Morgan fingerprint density at radius 3 is 2.54 bits per heavy atom. The van der Waals surface area contributed by atoms with E-state index >= 15 is 0 Å². The van der Waals surface area contributed by atoms with Gasteiger partial charge >= 0.3 is 0 Å². The predicted octanol–water partition coefficient (Wildman–Crippen LogP) is 10.8. The Balaban J connectivity index is 1.24. The molecule has 0 spiro atoms. The molecule has 46 heavy (non-hydrogen) atoms. The summed E-state index contributed by atoms with van der Waals surface area (Å²) in [7, 11) is 4.25. The number of fused-ring (bicyclic) bond motifs is 5. The highest BCUT2D eigenvalue weighted by atomic mass is 32.2. The van der Waals surface area contributed by atoms with E-state index in [4.69, 9.17) is 4.74 Å². The number of hydrogen-bond donors (Lipinski definition) is 1. The van der Waals surface area contributed by atoms with E-state index in [1.807, 2.05) is 17.3 Å². The largest absolute Gasteiger partial charge is 0.386 e. The van der Waals surface area contributed by atoms with Crippen LogP contribution in [-0.4, -0.2) is 56.8 Å². The Kier molecular flexibility index (Phi) is 14.3. The van der Waals surface area contributed by atoms with Crippen LogP contribution >= 0.6 is 11.8 Å². The summed E-state index contributed by atoms with van der Waals surface area (Å²) in [5.41, 5.74) is 5.28.